The van der Waals surface area contributed by atoms with Crippen molar-refractivity contribution in [2.24, 2.45) is 0 Å². The maximum absolute atomic E-state index is 12.8. The van der Waals surface area contributed by atoms with Gasteiger partial charge in [0.15, 0.2) is 0 Å². The van der Waals surface area contributed by atoms with Crippen LogP contribution in [0.1, 0.15) is 46.9 Å². The molecule has 0 saturated heterocycles. The first-order valence-electron chi connectivity index (χ1n) is 9.90. The second-order valence-corrected chi connectivity index (χ2v) is 6.84. The number of hydrogen-bond acceptors (Lipinski definition) is 3. The SMILES string of the molecule is CCOc1ccc(C(=O)N[C@@H](C)c2ccccc2)cc1COCc1ccccc1. The van der Waals surface area contributed by atoms with Crippen LogP contribution in [0.5, 0.6) is 5.75 Å². The summed E-state index contributed by atoms with van der Waals surface area (Å²) in [5.41, 5.74) is 3.63. The molecule has 0 aliphatic carbocycles. The van der Waals surface area contributed by atoms with Crippen molar-refractivity contribution in [3.8, 4) is 5.75 Å². The van der Waals surface area contributed by atoms with E-state index in [4.69, 9.17) is 9.47 Å². The van der Waals surface area contributed by atoms with Gasteiger partial charge in [-0.1, -0.05) is 60.7 Å². The van der Waals surface area contributed by atoms with E-state index in [9.17, 15) is 4.79 Å². The molecule has 0 heterocycles. The molecular formula is C25H27NO3. The van der Waals surface area contributed by atoms with Gasteiger partial charge < -0.3 is 14.8 Å². The van der Waals surface area contributed by atoms with E-state index in [1.54, 1.807) is 6.07 Å². The Morgan fingerprint density at radius 2 is 1.62 bits per heavy atom. The Morgan fingerprint density at radius 3 is 2.31 bits per heavy atom. The first-order valence-corrected chi connectivity index (χ1v) is 9.90. The Kier molecular flexibility index (Phi) is 7.42. The lowest BCUT2D eigenvalue weighted by atomic mass is 10.1. The van der Waals surface area contributed by atoms with Crippen LogP contribution in [0.3, 0.4) is 0 Å². The number of carbonyl (C=O) groups is 1. The summed E-state index contributed by atoms with van der Waals surface area (Å²) in [7, 11) is 0. The fraction of sp³-hybridized carbons (Fsp3) is 0.240. The molecule has 3 aromatic rings. The second-order valence-electron chi connectivity index (χ2n) is 6.84. The van der Waals surface area contributed by atoms with Crippen molar-refractivity contribution in [3.63, 3.8) is 0 Å². The summed E-state index contributed by atoms with van der Waals surface area (Å²) in [6, 6.07) is 25.3. The van der Waals surface area contributed by atoms with Crippen molar-refractivity contribution >= 4 is 5.91 Å². The zero-order chi connectivity index (χ0) is 20.5. The van der Waals surface area contributed by atoms with E-state index in [0.717, 1.165) is 22.4 Å². The Bertz CT molecular complexity index is 910. The van der Waals surface area contributed by atoms with E-state index < -0.39 is 0 Å². The van der Waals surface area contributed by atoms with Crippen LogP contribution in [0.15, 0.2) is 78.9 Å². The number of ether oxygens (including phenoxy) is 2. The highest BCUT2D eigenvalue weighted by molar-refractivity contribution is 5.94. The standard InChI is InChI=1S/C25H27NO3/c1-3-29-24-15-14-22(25(27)26-19(2)21-12-8-5-9-13-21)16-23(24)18-28-17-20-10-6-4-7-11-20/h4-16,19H,3,17-18H2,1-2H3,(H,26,27)/t19-/m0/s1. The van der Waals surface area contributed by atoms with Gasteiger partial charge in [-0.05, 0) is 43.2 Å². The van der Waals surface area contributed by atoms with E-state index in [1.165, 1.54) is 0 Å². The van der Waals surface area contributed by atoms with Gasteiger partial charge in [-0.3, -0.25) is 4.79 Å². The smallest absolute Gasteiger partial charge is 0.251 e. The van der Waals surface area contributed by atoms with Gasteiger partial charge in [-0.25, -0.2) is 0 Å². The Hall–Kier alpha value is -3.11. The molecule has 4 nitrogen and oxygen atoms in total. The molecule has 0 aliphatic rings. The second kappa shape index (κ2) is 10.4. The highest BCUT2D eigenvalue weighted by atomic mass is 16.5. The molecule has 1 N–H and O–H groups in total. The normalized spacial score (nSPS) is 11.7. The third kappa shape index (κ3) is 5.93. The van der Waals surface area contributed by atoms with Gasteiger partial charge in [0.05, 0.1) is 25.9 Å². The predicted molar refractivity (Wildman–Crippen MR) is 115 cm³/mol. The minimum atomic E-state index is -0.117. The van der Waals surface area contributed by atoms with Crippen LogP contribution in [0.4, 0.5) is 0 Å². The third-order valence-corrected chi connectivity index (χ3v) is 4.64. The van der Waals surface area contributed by atoms with Crippen LogP contribution >= 0.6 is 0 Å². The highest BCUT2D eigenvalue weighted by Gasteiger charge is 2.14. The monoisotopic (exact) mass is 389 g/mol. The summed E-state index contributed by atoms with van der Waals surface area (Å²) in [5, 5.41) is 3.05. The van der Waals surface area contributed by atoms with Gasteiger partial charge in [0.2, 0.25) is 0 Å². The number of carbonyl (C=O) groups excluding carboxylic acids is 1. The quantitative estimate of drug-likeness (QED) is 0.541. The predicted octanol–water partition coefficient (Wildman–Crippen LogP) is 5.29. The van der Waals surface area contributed by atoms with Crippen molar-refractivity contribution in [1.29, 1.82) is 0 Å². The molecule has 0 bridgehead atoms. The average Bonchev–Trinajstić information content (AvgIpc) is 2.76. The molecule has 4 heteroatoms. The largest absolute Gasteiger partial charge is 0.494 e. The number of amides is 1. The van der Waals surface area contributed by atoms with E-state index in [-0.39, 0.29) is 11.9 Å². The fourth-order valence-electron chi connectivity index (χ4n) is 3.09. The maximum Gasteiger partial charge on any atom is 0.251 e. The molecule has 0 aliphatic heterocycles. The molecule has 0 radical (unpaired) electrons. The van der Waals surface area contributed by atoms with Gasteiger partial charge in [0.1, 0.15) is 5.75 Å². The molecular weight excluding hydrogens is 362 g/mol. The van der Waals surface area contributed by atoms with E-state index in [0.29, 0.717) is 25.4 Å². The van der Waals surface area contributed by atoms with Crippen molar-refractivity contribution in [2.75, 3.05) is 6.61 Å². The van der Waals surface area contributed by atoms with Gasteiger partial charge >= 0.3 is 0 Å². The zero-order valence-corrected chi connectivity index (χ0v) is 16.9. The molecule has 3 aromatic carbocycles. The topological polar surface area (TPSA) is 47.6 Å². The lowest BCUT2D eigenvalue weighted by molar-refractivity contribution is 0.0937. The Morgan fingerprint density at radius 1 is 0.931 bits per heavy atom. The summed E-state index contributed by atoms with van der Waals surface area (Å²) >= 11 is 0. The Labute approximate surface area is 172 Å². The molecule has 0 aromatic heterocycles. The molecule has 1 atom stereocenters. The number of hydrogen-bond donors (Lipinski definition) is 1. The number of nitrogens with one attached hydrogen (secondary N) is 1. The summed E-state index contributed by atoms with van der Waals surface area (Å²) in [6.45, 7) is 5.36. The third-order valence-electron chi connectivity index (χ3n) is 4.64. The van der Waals surface area contributed by atoms with E-state index in [2.05, 4.69) is 5.32 Å². The van der Waals surface area contributed by atoms with Crippen molar-refractivity contribution in [3.05, 3.63) is 101 Å². The van der Waals surface area contributed by atoms with Crippen LogP contribution in [-0.4, -0.2) is 12.5 Å². The first kappa shape index (κ1) is 20.6. The molecule has 0 spiro atoms. The van der Waals surface area contributed by atoms with Crippen molar-refractivity contribution in [1.82, 2.24) is 5.32 Å². The molecule has 1 amide bonds. The Balaban J connectivity index is 1.68. The van der Waals surface area contributed by atoms with Gasteiger partial charge in [0, 0.05) is 11.1 Å². The van der Waals surface area contributed by atoms with Crippen LogP contribution in [-0.2, 0) is 18.0 Å². The first-order chi connectivity index (χ1) is 14.2. The van der Waals surface area contributed by atoms with Crippen LogP contribution in [0, 0.1) is 0 Å². The van der Waals surface area contributed by atoms with E-state index in [1.807, 2.05) is 86.6 Å². The molecule has 29 heavy (non-hydrogen) atoms. The van der Waals surface area contributed by atoms with Crippen LogP contribution in [0.25, 0.3) is 0 Å². The van der Waals surface area contributed by atoms with Gasteiger partial charge in [-0.15, -0.1) is 0 Å². The highest BCUT2D eigenvalue weighted by Crippen LogP contribution is 2.23. The molecule has 3 rings (SSSR count). The molecule has 0 fully saturated rings. The lowest BCUT2D eigenvalue weighted by Crippen LogP contribution is -2.26. The van der Waals surface area contributed by atoms with Gasteiger partial charge in [-0.2, -0.15) is 0 Å². The van der Waals surface area contributed by atoms with Gasteiger partial charge in [0.25, 0.3) is 5.91 Å². The van der Waals surface area contributed by atoms with Crippen molar-refractivity contribution < 1.29 is 14.3 Å². The summed E-state index contributed by atoms with van der Waals surface area (Å²) in [6.07, 6.45) is 0. The molecule has 150 valence electrons. The number of benzene rings is 3. The lowest BCUT2D eigenvalue weighted by Gasteiger charge is -2.16. The van der Waals surface area contributed by atoms with Crippen molar-refractivity contribution in [2.45, 2.75) is 33.1 Å². The van der Waals surface area contributed by atoms with Crippen LogP contribution < -0.4 is 10.1 Å². The minimum absolute atomic E-state index is 0.0759. The fourth-order valence-corrected chi connectivity index (χ4v) is 3.09. The molecule has 0 saturated carbocycles. The van der Waals surface area contributed by atoms with E-state index >= 15 is 0 Å². The average molecular weight is 389 g/mol. The molecule has 0 unspecified atom stereocenters. The maximum atomic E-state index is 12.8. The minimum Gasteiger partial charge on any atom is -0.494 e. The summed E-state index contributed by atoms with van der Waals surface area (Å²) in [5.74, 6) is 0.627. The summed E-state index contributed by atoms with van der Waals surface area (Å²) in [4.78, 5) is 12.8. The number of rotatable bonds is 9. The van der Waals surface area contributed by atoms with Crippen LogP contribution in [0.2, 0.25) is 0 Å². The summed E-state index contributed by atoms with van der Waals surface area (Å²) < 4.78 is 11.6. The zero-order valence-electron chi connectivity index (χ0n) is 16.9.